The number of carbonyl (C=O) groups is 2. The number of rotatable bonds is 41. The molecule has 0 spiro atoms. The lowest BCUT2D eigenvalue weighted by Crippen LogP contribution is -2.40. The van der Waals surface area contributed by atoms with Gasteiger partial charge in [0.25, 0.3) is 0 Å². The van der Waals surface area contributed by atoms with E-state index in [1.807, 2.05) is 310 Å². The van der Waals surface area contributed by atoms with Crippen molar-refractivity contribution >= 4 is 11.9 Å². The summed E-state index contributed by atoms with van der Waals surface area (Å²) in [5, 5.41) is 0. The van der Waals surface area contributed by atoms with Crippen LogP contribution in [0.5, 0.6) is 57.5 Å². The predicted molar refractivity (Wildman–Crippen MR) is 440 cm³/mol. The highest BCUT2D eigenvalue weighted by molar-refractivity contribution is 5.71. The van der Waals surface area contributed by atoms with E-state index in [0.29, 0.717) is 126 Å². The highest BCUT2D eigenvalue weighted by atomic mass is 16.6. The molecule has 0 fully saturated rings. The Morgan fingerprint density at radius 2 is 0.678 bits per heavy atom. The summed E-state index contributed by atoms with van der Waals surface area (Å²) >= 11 is 0. The second-order valence-corrected chi connectivity index (χ2v) is 28.4. The molecule has 0 aliphatic carbocycles. The van der Waals surface area contributed by atoms with Gasteiger partial charge in [0.1, 0.15) is 99.6 Å². The van der Waals surface area contributed by atoms with Crippen LogP contribution in [0.25, 0.3) is 0 Å². The summed E-state index contributed by atoms with van der Waals surface area (Å²) in [5.41, 5.74) is 10.5. The van der Waals surface area contributed by atoms with Gasteiger partial charge in [-0.05, 0) is 88.5 Å². The maximum absolute atomic E-state index is 14.8. The molecule has 0 amide bonds. The van der Waals surface area contributed by atoms with Gasteiger partial charge in [-0.15, -0.1) is 0 Å². The van der Waals surface area contributed by atoms with Gasteiger partial charge in [0.15, 0.2) is 41.3 Å². The Hall–Kier alpha value is -12.5. The van der Waals surface area contributed by atoms with Gasteiger partial charge < -0.3 is 66.3 Å². The maximum atomic E-state index is 14.8. The third kappa shape index (κ3) is 22.9. The van der Waals surface area contributed by atoms with Crippen LogP contribution >= 0.6 is 0 Å². The van der Waals surface area contributed by atoms with Crippen LogP contribution < -0.4 is 47.4 Å². The third-order valence-corrected chi connectivity index (χ3v) is 19.9. The lowest BCUT2D eigenvalue weighted by Gasteiger charge is -2.40. The lowest BCUT2D eigenvalue weighted by molar-refractivity contribution is -0.174. The molecule has 14 rings (SSSR count). The lowest BCUT2D eigenvalue weighted by atomic mass is 9.90. The first-order chi connectivity index (χ1) is 56.8. The monoisotopic (exact) mass is 1540 g/mol. The number of esters is 2. The molecule has 16 nitrogen and oxygen atoms in total. The zero-order valence-corrected chi connectivity index (χ0v) is 64.7. The summed E-state index contributed by atoms with van der Waals surface area (Å²) in [4.78, 5) is 29.4. The second kappa shape index (κ2) is 41.3. The largest absolute Gasteiger partial charge is 0.489 e. The van der Waals surface area contributed by atoms with Crippen molar-refractivity contribution in [3.63, 3.8) is 0 Å². The first-order valence-electron chi connectivity index (χ1n) is 39.7. The van der Waals surface area contributed by atoms with E-state index >= 15 is 0 Å². The predicted octanol–water partition coefficient (Wildman–Crippen LogP) is 21.5. The minimum Gasteiger partial charge on any atom is -0.489 e. The van der Waals surface area contributed by atoms with E-state index in [-0.39, 0.29) is 71.5 Å². The first-order valence-corrected chi connectivity index (χ1v) is 39.7. The Labute approximate surface area is 673 Å². The number of hydrogen-bond donors (Lipinski definition) is 0. The SMILES string of the molecule is CCOCCO[C@H]1c2c(OCc3ccccc3)cc(OCc3ccccc3)cc2O[C@H](c2ccc(OCc3ccccc3)c(OCc3ccccc3)c2)[C@H]1OC(=O)CCCCCCCC(=O)O[C@H]1Cc2c(OCc3ccccc3)cc(OCc3ccccc3)cc2O[C@@H]1c1ccc(OCc2ccccc2)c(OCc2ccccc2)c1. The Bertz CT molecular complexity index is 4980. The van der Waals surface area contributed by atoms with Crippen molar-refractivity contribution in [2.75, 3.05) is 19.8 Å². The molecular formula is C99H96O16. The van der Waals surface area contributed by atoms with Crippen molar-refractivity contribution in [1.29, 1.82) is 0 Å². The quantitative estimate of drug-likeness (QED) is 0.0262. The molecule has 2 aliphatic rings. The van der Waals surface area contributed by atoms with Crippen molar-refractivity contribution < 1.29 is 75.9 Å². The van der Waals surface area contributed by atoms with Crippen molar-refractivity contribution in [3.05, 3.63) is 370 Å². The molecular weight excluding hydrogens is 1450 g/mol. The zero-order chi connectivity index (χ0) is 78.4. The van der Waals surface area contributed by atoms with E-state index in [0.717, 1.165) is 56.5 Å². The summed E-state index contributed by atoms with van der Waals surface area (Å²) in [6.07, 6.45) is -0.886. The highest BCUT2D eigenvalue weighted by Gasteiger charge is 2.46. The molecule has 16 heteroatoms. The van der Waals surface area contributed by atoms with Gasteiger partial charge in [-0.25, -0.2) is 0 Å². The second-order valence-electron chi connectivity index (χ2n) is 28.4. The summed E-state index contributed by atoms with van der Waals surface area (Å²) in [6, 6.07) is 98.5. The Morgan fingerprint density at radius 1 is 0.330 bits per heavy atom. The Balaban J connectivity index is 0.697. The Kier molecular flexibility index (Phi) is 28.4. The van der Waals surface area contributed by atoms with E-state index in [4.69, 9.17) is 66.3 Å². The molecule has 12 aromatic rings. The molecule has 0 aromatic heterocycles. The van der Waals surface area contributed by atoms with E-state index < -0.39 is 36.5 Å². The number of hydrogen-bond acceptors (Lipinski definition) is 16. The van der Waals surface area contributed by atoms with Crippen LogP contribution in [0.1, 0.15) is 137 Å². The topological polar surface area (TPSA) is 163 Å². The minimum absolute atomic E-state index is 0.0898. The Morgan fingerprint density at radius 3 is 1.10 bits per heavy atom. The van der Waals surface area contributed by atoms with Crippen LogP contribution in [0.4, 0.5) is 0 Å². The van der Waals surface area contributed by atoms with E-state index in [2.05, 4.69) is 0 Å². The van der Waals surface area contributed by atoms with Crippen molar-refractivity contribution in [2.45, 2.75) is 142 Å². The molecule has 0 N–H and O–H groups in total. The molecule has 0 radical (unpaired) electrons. The van der Waals surface area contributed by atoms with Gasteiger partial charge in [-0.2, -0.15) is 0 Å². The van der Waals surface area contributed by atoms with Gasteiger partial charge in [-0.3, -0.25) is 9.59 Å². The van der Waals surface area contributed by atoms with Crippen LogP contribution in [0.15, 0.2) is 303 Å². The van der Waals surface area contributed by atoms with Crippen molar-refractivity contribution in [3.8, 4) is 57.5 Å². The normalized spacial score (nSPS) is 15.3. The molecule has 0 saturated carbocycles. The fourth-order valence-electron chi connectivity index (χ4n) is 13.9. The van der Waals surface area contributed by atoms with Gasteiger partial charge in [0.2, 0.25) is 0 Å². The molecule has 12 aromatic carbocycles. The van der Waals surface area contributed by atoms with E-state index in [1.54, 1.807) is 0 Å². The van der Waals surface area contributed by atoms with Crippen LogP contribution in [0.2, 0.25) is 0 Å². The highest BCUT2D eigenvalue weighted by Crippen LogP contribution is 2.52. The average molecular weight is 1540 g/mol. The number of ether oxygens (including phenoxy) is 14. The molecule has 2 aliphatic heterocycles. The molecule has 588 valence electrons. The average Bonchev–Trinajstić information content (AvgIpc) is 0.753. The number of benzene rings is 12. The number of fused-ring (bicyclic) bond motifs is 2. The molecule has 0 saturated heterocycles. The first kappa shape index (κ1) is 79.2. The van der Waals surface area contributed by atoms with Gasteiger partial charge in [0, 0.05) is 66.8 Å². The van der Waals surface area contributed by atoms with Gasteiger partial charge in [0.05, 0.1) is 18.8 Å². The molecule has 2 heterocycles. The fourth-order valence-corrected chi connectivity index (χ4v) is 13.9. The summed E-state index contributed by atoms with van der Waals surface area (Å²) in [7, 11) is 0. The van der Waals surface area contributed by atoms with Crippen molar-refractivity contribution in [2.24, 2.45) is 0 Å². The van der Waals surface area contributed by atoms with Crippen molar-refractivity contribution in [1.82, 2.24) is 0 Å². The molecule has 0 bridgehead atoms. The summed E-state index contributed by atoms with van der Waals surface area (Å²) < 4.78 is 93.4. The molecule has 0 unspecified atom stereocenters. The zero-order valence-electron chi connectivity index (χ0n) is 64.7. The van der Waals surface area contributed by atoms with E-state index in [9.17, 15) is 9.59 Å². The van der Waals surface area contributed by atoms with Crippen LogP contribution in [-0.2, 0) is 87.8 Å². The number of unbranched alkanes of at least 4 members (excludes halogenated alkanes) is 4. The molecule has 5 atom stereocenters. The van der Waals surface area contributed by atoms with Crippen LogP contribution in [0.3, 0.4) is 0 Å². The van der Waals surface area contributed by atoms with E-state index in [1.165, 1.54) is 0 Å². The van der Waals surface area contributed by atoms with Gasteiger partial charge in [-0.1, -0.05) is 274 Å². The molecule has 115 heavy (non-hydrogen) atoms. The van der Waals surface area contributed by atoms with Gasteiger partial charge >= 0.3 is 11.9 Å². The third-order valence-electron chi connectivity index (χ3n) is 19.9. The number of carbonyl (C=O) groups excluding carboxylic acids is 2. The maximum Gasteiger partial charge on any atom is 0.306 e. The minimum atomic E-state index is -1.07. The van der Waals surface area contributed by atoms with Crippen LogP contribution in [-0.4, -0.2) is 44.0 Å². The standard InChI is InChI=1S/C99H96O16/c1-2-102-54-55-103-98-95-90(111-70-78-46-28-13-29-47-78)60-82(105-64-72-34-16-7-17-35-72)61-91(95)114-97(80-51-53-85(107-66-74-38-20-9-21-39-74)89(57-80)110-69-77-44-26-12-27-45-77)99(98)115-94(101)49-31-5-3-4-30-48-93(100)112-92-62-83-86(108-67-75-40-22-10-23-41-75)58-81(104-63-71-32-14-6-15-33-71)59-87(83)113-96(92)79-50-52-84(106-65-73-36-18-8-19-37-73)88(56-79)109-68-76-42-24-11-25-43-76/h6-29,32-47,50-53,56-61,92,96-99H,2-5,30-31,48-49,54-55,62-70H2,1H3/t92-,96+,97+,98-,99+/m0/s1. The van der Waals surface area contributed by atoms with Crippen LogP contribution in [0, 0.1) is 0 Å². The fraction of sp³-hybridized carbons (Fsp3) is 0.253. The summed E-state index contributed by atoms with van der Waals surface area (Å²) in [6.45, 7) is 5.06. The summed E-state index contributed by atoms with van der Waals surface area (Å²) in [5.74, 6) is 4.25. The smallest absolute Gasteiger partial charge is 0.306 e.